The molecule has 0 spiro atoms. The van der Waals surface area contributed by atoms with Crippen molar-refractivity contribution >= 4 is 5.69 Å². The van der Waals surface area contributed by atoms with E-state index in [0.717, 1.165) is 6.07 Å². The standard InChI is InChI=1S/C14H16FN3O2/c1-9(2)8-18-6-5-17-13(14(18)19)20-12-4-3-10(16)7-11(12)15/h3-7,9H,8,16H2,1-2H3. The van der Waals surface area contributed by atoms with Crippen LogP contribution in [0.5, 0.6) is 11.6 Å². The monoisotopic (exact) mass is 277 g/mol. The number of nitrogens with two attached hydrogens (primary N) is 1. The molecular weight excluding hydrogens is 261 g/mol. The van der Waals surface area contributed by atoms with Crippen molar-refractivity contribution in [3.05, 3.63) is 46.8 Å². The maximum absolute atomic E-state index is 13.6. The first-order valence-corrected chi connectivity index (χ1v) is 6.25. The minimum absolute atomic E-state index is 0.0777. The predicted molar refractivity (Wildman–Crippen MR) is 74.2 cm³/mol. The number of anilines is 1. The van der Waals surface area contributed by atoms with Gasteiger partial charge in [0.1, 0.15) is 0 Å². The molecule has 2 aromatic rings. The van der Waals surface area contributed by atoms with Crippen LogP contribution in [-0.4, -0.2) is 9.55 Å². The number of hydrogen-bond donors (Lipinski definition) is 1. The second-order valence-electron chi connectivity index (χ2n) is 4.88. The molecule has 0 bridgehead atoms. The van der Waals surface area contributed by atoms with Crippen molar-refractivity contribution in [1.82, 2.24) is 9.55 Å². The van der Waals surface area contributed by atoms with Crippen LogP contribution in [0.3, 0.4) is 0 Å². The van der Waals surface area contributed by atoms with E-state index in [0.29, 0.717) is 12.5 Å². The van der Waals surface area contributed by atoms with Gasteiger partial charge >= 0.3 is 5.56 Å². The largest absolute Gasteiger partial charge is 0.431 e. The van der Waals surface area contributed by atoms with Gasteiger partial charge in [0.2, 0.25) is 0 Å². The average Bonchev–Trinajstić information content (AvgIpc) is 2.36. The average molecular weight is 277 g/mol. The molecule has 1 aromatic heterocycles. The molecule has 0 amide bonds. The van der Waals surface area contributed by atoms with Crippen molar-refractivity contribution in [3.8, 4) is 11.6 Å². The molecule has 0 fully saturated rings. The van der Waals surface area contributed by atoms with E-state index in [4.69, 9.17) is 10.5 Å². The zero-order chi connectivity index (χ0) is 14.7. The fourth-order valence-corrected chi connectivity index (χ4v) is 1.74. The molecule has 0 aliphatic rings. The lowest BCUT2D eigenvalue weighted by Gasteiger charge is -2.10. The first-order chi connectivity index (χ1) is 9.47. The number of rotatable bonds is 4. The summed E-state index contributed by atoms with van der Waals surface area (Å²) in [5.74, 6) is -0.565. The van der Waals surface area contributed by atoms with Crippen LogP contribution in [0.2, 0.25) is 0 Å². The molecule has 0 unspecified atom stereocenters. The highest BCUT2D eigenvalue weighted by atomic mass is 19.1. The Hall–Kier alpha value is -2.37. The molecule has 1 aromatic carbocycles. The van der Waals surface area contributed by atoms with Gasteiger partial charge in [-0.05, 0) is 18.1 Å². The van der Waals surface area contributed by atoms with E-state index in [1.807, 2.05) is 13.8 Å². The van der Waals surface area contributed by atoms with Crippen LogP contribution < -0.4 is 16.0 Å². The molecule has 6 heteroatoms. The van der Waals surface area contributed by atoms with E-state index < -0.39 is 11.4 Å². The van der Waals surface area contributed by atoms with Crippen molar-refractivity contribution < 1.29 is 9.13 Å². The normalized spacial score (nSPS) is 10.8. The molecule has 2 N–H and O–H groups in total. The summed E-state index contributed by atoms with van der Waals surface area (Å²) in [5, 5.41) is 0. The number of hydrogen-bond acceptors (Lipinski definition) is 4. The Morgan fingerprint density at radius 2 is 2.20 bits per heavy atom. The van der Waals surface area contributed by atoms with Crippen molar-refractivity contribution in [2.75, 3.05) is 5.73 Å². The summed E-state index contributed by atoms with van der Waals surface area (Å²) in [5.41, 5.74) is 5.35. The minimum Gasteiger partial charge on any atom is -0.431 e. The number of benzene rings is 1. The predicted octanol–water partition coefficient (Wildman–Crippen LogP) is 2.41. The van der Waals surface area contributed by atoms with E-state index in [9.17, 15) is 9.18 Å². The van der Waals surface area contributed by atoms with Gasteiger partial charge in [0.15, 0.2) is 11.6 Å². The molecule has 0 radical (unpaired) electrons. The SMILES string of the molecule is CC(C)Cn1ccnc(Oc2ccc(N)cc2F)c1=O. The molecule has 20 heavy (non-hydrogen) atoms. The van der Waals surface area contributed by atoms with Gasteiger partial charge in [-0.3, -0.25) is 4.79 Å². The second kappa shape index (κ2) is 5.73. The van der Waals surface area contributed by atoms with E-state index in [2.05, 4.69) is 4.98 Å². The fraction of sp³-hybridized carbons (Fsp3) is 0.286. The van der Waals surface area contributed by atoms with Gasteiger partial charge in [0, 0.05) is 30.7 Å². The summed E-state index contributed by atoms with van der Waals surface area (Å²) >= 11 is 0. The highest BCUT2D eigenvalue weighted by Crippen LogP contribution is 2.22. The van der Waals surface area contributed by atoms with Crippen molar-refractivity contribution in [2.45, 2.75) is 20.4 Å². The molecular formula is C14H16FN3O2. The lowest BCUT2D eigenvalue weighted by molar-refractivity contribution is 0.408. The number of aromatic nitrogens is 2. The summed E-state index contributed by atoms with van der Waals surface area (Å²) in [6.45, 7) is 4.53. The van der Waals surface area contributed by atoms with Crippen LogP contribution in [-0.2, 0) is 6.54 Å². The summed E-state index contributed by atoms with van der Waals surface area (Å²) in [6.07, 6.45) is 3.03. The molecule has 106 valence electrons. The maximum atomic E-state index is 13.6. The van der Waals surface area contributed by atoms with E-state index in [-0.39, 0.29) is 17.3 Å². The van der Waals surface area contributed by atoms with Crippen LogP contribution >= 0.6 is 0 Å². The van der Waals surface area contributed by atoms with Gasteiger partial charge in [-0.15, -0.1) is 0 Å². The number of halogens is 1. The van der Waals surface area contributed by atoms with Gasteiger partial charge < -0.3 is 15.0 Å². The maximum Gasteiger partial charge on any atom is 0.313 e. The summed E-state index contributed by atoms with van der Waals surface area (Å²) < 4.78 is 20.4. The third kappa shape index (κ3) is 3.14. The van der Waals surface area contributed by atoms with E-state index in [1.165, 1.54) is 22.9 Å². The van der Waals surface area contributed by atoms with Gasteiger partial charge in [-0.2, -0.15) is 0 Å². The highest BCUT2D eigenvalue weighted by molar-refractivity contribution is 5.43. The minimum atomic E-state index is -0.634. The summed E-state index contributed by atoms with van der Waals surface area (Å²) in [4.78, 5) is 16.0. The molecule has 2 rings (SSSR count). The van der Waals surface area contributed by atoms with Crippen LogP contribution in [0.1, 0.15) is 13.8 Å². The van der Waals surface area contributed by atoms with Crippen molar-refractivity contribution in [1.29, 1.82) is 0 Å². The third-order valence-electron chi connectivity index (χ3n) is 2.61. The van der Waals surface area contributed by atoms with Crippen molar-refractivity contribution in [2.24, 2.45) is 5.92 Å². The molecule has 1 heterocycles. The van der Waals surface area contributed by atoms with Crippen LogP contribution in [0.4, 0.5) is 10.1 Å². The molecule has 0 saturated heterocycles. The molecule has 5 nitrogen and oxygen atoms in total. The second-order valence-corrected chi connectivity index (χ2v) is 4.88. The Morgan fingerprint density at radius 3 is 2.85 bits per heavy atom. The van der Waals surface area contributed by atoms with Crippen molar-refractivity contribution in [3.63, 3.8) is 0 Å². The Kier molecular flexibility index (Phi) is 4.02. The zero-order valence-electron chi connectivity index (χ0n) is 11.3. The first kappa shape index (κ1) is 14.0. The van der Waals surface area contributed by atoms with E-state index in [1.54, 1.807) is 6.20 Å². The lowest BCUT2D eigenvalue weighted by Crippen LogP contribution is -2.23. The smallest absolute Gasteiger partial charge is 0.313 e. The van der Waals surface area contributed by atoms with Gasteiger partial charge in [0.25, 0.3) is 5.88 Å². The Bertz CT molecular complexity index is 668. The van der Waals surface area contributed by atoms with Crippen LogP contribution in [0.25, 0.3) is 0 Å². The number of nitrogen functional groups attached to an aromatic ring is 1. The van der Waals surface area contributed by atoms with Crippen LogP contribution in [0, 0.1) is 11.7 Å². The zero-order valence-corrected chi connectivity index (χ0v) is 11.3. The number of ether oxygens (including phenoxy) is 1. The highest BCUT2D eigenvalue weighted by Gasteiger charge is 2.11. The Labute approximate surface area is 115 Å². The van der Waals surface area contributed by atoms with Crippen LogP contribution in [0.15, 0.2) is 35.4 Å². The quantitative estimate of drug-likeness (QED) is 0.871. The summed E-state index contributed by atoms with van der Waals surface area (Å²) in [7, 11) is 0. The Balaban J connectivity index is 2.32. The molecule has 0 saturated carbocycles. The molecule has 0 atom stereocenters. The topological polar surface area (TPSA) is 70.1 Å². The van der Waals surface area contributed by atoms with E-state index >= 15 is 0 Å². The lowest BCUT2D eigenvalue weighted by atomic mass is 10.2. The molecule has 0 aliphatic carbocycles. The number of nitrogens with zero attached hydrogens (tertiary/aromatic N) is 2. The third-order valence-corrected chi connectivity index (χ3v) is 2.61. The van der Waals surface area contributed by atoms with Gasteiger partial charge in [-0.1, -0.05) is 13.8 Å². The fourth-order valence-electron chi connectivity index (χ4n) is 1.74. The van der Waals surface area contributed by atoms with Gasteiger partial charge in [0.05, 0.1) is 0 Å². The summed E-state index contributed by atoms with van der Waals surface area (Å²) in [6, 6.07) is 3.99. The first-order valence-electron chi connectivity index (χ1n) is 6.25. The Morgan fingerprint density at radius 1 is 1.45 bits per heavy atom. The molecule has 0 aliphatic heterocycles. The van der Waals surface area contributed by atoms with Gasteiger partial charge in [-0.25, -0.2) is 9.37 Å².